The summed E-state index contributed by atoms with van der Waals surface area (Å²) in [6.07, 6.45) is 0. The molecular weight excluding hydrogens is 288 g/mol. The van der Waals surface area contributed by atoms with Gasteiger partial charge in [0.15, 0.2) is 0 Å². The Hall–Kier alpha value is -2.14. The van der Waals surface area contributed by atoms with E-state index in [1.165, 1.54) is 18.2 Å². The molecule has 0 aliphatic heterocycles. The van der Waals surface area contributed by atoms with Crippen molar-refractivity contribution in [2.24, 2.45) is 0 Å². The molecule has 0 bridgehead atoms. The van der Waals surface area contributed by atoms with Crippen molar-refractivity contribution in [1.82, 2.24) is 0 Å². The second-order valence-corrected chi connectivity index (χ2v) is 4.52. The van der Waals surface area contributed by atoms with Gasteiger partial charge in [0, 0.05) is 16.8 Å². The third kappa shape index (κ3) is 3.45. The van der Waals surface area contributed by atoms with Gasteiger partial charge in [-0.3, -0.25) is 0 Å². The molecule has 2 rings (SSSR count). The molecule has 0 heterocycles. The maximum Gasteiger partial charge on any atom is 0.340 e. The van der Waals surface area contributed by atoms with Gasteiger partial charge in [0.25, 0.3) is 0 Å². The van der Waals surface area contributed by atoms with Crippen LogP contribution < -0.4 is 5.73 Å². The van der Waals surface area contributed by atoms with Gasteiger partial charge >= 0.3 is 5.97 Å². The maximum absolute atomic E-state index is 13.0. The zero-order valence-corrected chi connectivity index (χ0v) is 11.0. The lowest BCUT2D eigenvalue weighted by molar-refractivity contribution is 0.0473. The molecule has 0 aliphatic rings. The summed E-state index contributed by atoms with van der Waals surface area (Å²) in [5.74, 6) is -2.19. The van der Waals surface area contributed by atoms with Gasteiger partial charge in [0.1, 0.15) is 18.2 Å². The highest BCUT2D eigenvalue weighted by Gasteiger charge is 2.12. The van der Waals surface area contributed by atoms with Gasteiger partial charge in [-0.1, -0.05) is 11.6 Å². The molecule has 2 aromatic rings. The zero-order valence-electron chi connectivity index (χ0n) is 10.2. The SMILES string of the molecule is Nc1ccc(Cl)cc1C(=O)OCc1cc(F)cc(F)c1. The van der Waals surface area contributed by atoms with Crippen LogP contribution in [0.5, 0.6) is 0 Å². The van der Waals surface area contributed by atoms with Crippen LogP contribution in [0.15, 0.2) is 36.4 Å². The zero-order chi connectivity index (χ0) is 14.7. The molecule has 2 aromatic carbocycles. The first-order valence-electron chi connectivity index (χ1n) is 5.63. The highest BCUT2D eigenvalue weighted by Crippen LogP contribution is 2.19. The third-order valence-electron chi connectivity index (χ3n) is 2.53. The Morgan fingerprint density at radius 1 is 1.15 bits per heavy atom. The first-order chi connectivity index (χ1) is 9.45. The minimum Gasteiger partial charge on any atom is -0.457 e. The fourth-order valence-electron chi connectivity index (χ4n) is 1.63. The smallest absolute Gasteiger partial charge is 0.340 e. The molecule has 2 N–H and O–H groups in total. The van der Waals surface area contributed by atoms with Crippen molar-refractivity contribution >= 4 is 23.3 Å². The van der Waals surface area contributed by atoms with Crippen LogP contribution in [-0.4, -0.2) is 5.97 Å². The van der Waals surface area contributed by atoms with Gasteiger partial charge in [-0.25, -0.2) is 13.6 Å². The molecule has 6 heteroatoms. The minimum atomic E-state index is -0.738. The van der Waals surface area contributed by atoms with E-state index in [1.54, 1.807) is 0 Å². The topological polar surface area (TPSA) is 52.3 Å². The molecule has 0 aromatic heterocycles. The Labute approximate surface area is 118 Å². The number of rotatable bonds is 3. The second-order valence-electron chi connectivity index (χ2n) is 4.09. The average molecular weight is 298 g/mol. The van der Waals surface area contributed by atoms with Crippen molar-refractivity contribution in [2.45, 2.75) is 6.61 Å². The van der Waals surface area contributed by atoms with E-state index in [4.69, 9.17) is 22.1 Å². The lowest BCUT2D eigenvalue weighted by Gasteiger charge is -2.08. The number of halogens is 3. The Morgan fingerprint density at radius 2 is 1.80 bits per heavy atom. The fourth-order valence-corrected chi connectivity index (χ4v) is 1.80. The number of benzene rings is 2. The molecule has 0 amide bonds. The lowest BCUT2D eigenvalue weighted by atomic mass is 10.2. The van der Waals surface area contributed by atoms with Crippen LogP contribution in [0.1, 0.15) is 15.9 Å². The van der Waals surface area contributed by atoms with E-state index in [-0.39, 0.29) is 23.4 Å². The number of carbonyl (C=O) groups excluding carboxylic acids is 1. The van der Waals surface area contributed by atoms with Crippen LogP contribution >= 0.6 is 11.6 Å². The highest BCUT2D eigenvalue weighted by molar-refractivity contribution is 6.31. The first kappa shape index (κ1) is 14.3. The van der Waals surface area contributed by atoms with E-state index >= 15 is 0 Å². The van der Waals surface area contributed by atoms with Crippen LogP contribution in [0, 0.1) is 11.6 Å². The number of nitrogens with two attached hydrogens (primary N) is 1. The Kier molecular flexibility index (Phi) is 4.20. The van der Waals surface area contributed by atoms with Crippen molar-refractivity contribution in [2.75, 3.05) is 5.73 Å². The summed E-state index contributed by atoms with van der Waals surface area (Å²) >= 11 is 5.76. The van der Waals surface area contributed by atoms with Gasteiger partial charge in [0.2, 0.25) is 0 Å². The molecule has 104 valence electrons. The Balaban J connectivity index is 2.10. The van der Waals surface area contributed by atoms with Gasteiger partial charge in [-0.05, 0) is 35.9 Å². The third-order valence-corrected chi connectivity index (χ3v) is 2.76. The van der Waals surface area contributed by atoms with Gasteiger partial charge in [-0.15, -0.1) is 0 Å². The summed E-state index contributed by atoms with van der Waals surface area (Å²) in [7, 11) is 0. The van der Waals surface area contributed by atoms with Crippen LogP contribution in [0.4, 0.5) is 14.5 Å². The number of nitrogen functional groups attached to an aromatic ring is 1. The summed E-state index contributed by atoms with van der Waals surface area (Å²) in [4.78, 5) is 11.8. The Morgan fingerprint density at radius 3 is 2.45 bits per heavy atom. The molecule has 0 spiro atoms. The quantitative estimate of drug-likeness (QED) is 0.696. The minimum absolute atomic E-state index is 0.106. The second kappa shape index (κ2) is 5.88. The highest BCUT2D eigenvalue weighted by atomic mass is 35.5. The normalized spacial score (nSPS) is 10.3. The number of hydrogen-bond donors (Lipinski definition) is 1. The molecular formula is C14H10ClF2NO2. The van der Waals surface area contributed by atoms with Crippen molar-refractivity contribution in [3.8, 4) is 0 Å². The number of ether oxygens (including phenoxy) is 1. The number of esters is 1. The van der Waals surface area contributed by atoms with E-state index in [9.17, 15) is 13.6 Å². The van der Waals surface area contributed by atoms with Crippen LogP contribution in [0.3, 0.4) is 0 Å². The van der Waals surface area contributed by atoms with E-state index in [0.29, 0.717) is 5.02 Å². The van der Waals surface area contributed by atoms with E-state index < -0.39 is 17.6 Å². The van der Waals surface area contributed by atoms with Crippen molar-refractivity contribution in [1.29, 1.82) is 0 Å². The molecule has 0 fully saturated rings. The van der Waals surface area contributed by atoms with Gasteiger partial charge in [-0.2, -0.15) is 0 Å². The maximum atomic E-state index is 13.0. The largest absolute Gasteiger partial charge is 0.457 e. The van der Waals surface area contributed by atoms with Crippen LogP contribution in [-0.2, 0) is 11.3 Å². The number of anilines is 1. The molecule has 0 saturated heterocycles. The van der Waals surface area contributed by atoms with E-state index in [2.05, 4.69) is 0 Å². The van der Waals surface area contributed by atoms with Gasteiger partial charge in [0.05, 0.1) is 5.56 Å². The first-order valence-corrected chi connectivity index (χ1v) is 6.00. The summed E-state index contributed by atoms with van der Waals surface area (Å²) < 4.78 is 30.9. The summed E-state index contributed by atoms with van der Waals surface area (Å²) in [5.41, 5.74) is 6.15. The molecule has 0 saturated carbocycles. The standard InChI is InChI=1S/C14H10ClF2NO2/c15-9-1-2-13(18)12(5-9)14(19)20-7-8-3-10(16)6-11(17)4-8/h1-6H,7,18H2. The predicted octanol–water partition coefficient (Wildman–Crippen LogP) is 3.56. The molecule has 0 aliphatic carbocycles. The Bertz CT molecular complexity index is 641. The summed E-state index contributed by atoms with van der Waals surface area (Å²) in [6, 6.07) is 7.28. The molecule has 0 atom stereocenters. The van der Waals surface area contributed by atoms with Gasteiger partial charge < -0.3 is 10.5 Å². The fraction of sp³-hybridized carbons (Fsp3) is 0.0714. The average Bonchev–Trinajstić information content (AvgIpc) is 2.38. The number of carbonyl (C=O) groups is 1. The monoisotopic (exact) mass is 297 g/mol. The molecule has 0 unspecified atom stereocenters. The predicted molar refractivity (Wildman–Crippen MR) is 71.3 cm³/mol. The molecule has 3 nitrogen and oxygen atoms in total. The van der Waals surface area contributed by atoms with Crippen molar-refractivity contribution in [3.63, 3.8) is 0 Å². The van der Waals surface area contributed by atoms with E-state index in [1.807, 2.05) is 0 Å². The molecule has 0 radical (unpaired) electrons. The lowest BCUT2D eigenvalue weighted by Crippen LogP contribution is -2.08. The van der Waals surface area contributed by atoms with Crippen molar-refractivity contribution < 1.29 is 18.3 Å². The molecule has 20 heavy (non-hydrogen) atoms. The number of hydrogen-bond acceptors (Lipinski definition) is 3. The van der Waals surface area contributed by atoms with E-state index in [0.717, 1.165) is 18.2 Å². The van der Waals surface area contributed by atoms with Crippen molar-refractivity contribution in [3.05, 3.63) is 64.2 Å². The van der Waals surface area contributed by atoms with Crippen LogP contribution in [0.25, 0.3) is 0 Å². The summed E-state index contributed by atoms with van der Waals surface area (Å²) in [5, 5.41) is 0.336. The summed E-state index contributed by atoms with van der Waals surface area (Å²) in [6.45, 7) is -0.264. The van der Waals surface area contributed by atoms with Crippen LogP contribution in [0.2, 0.25) is 5.02 Å².